The Labute approximate surface area is 281 Å². The number of ether oxygens (including phenoxy) is 2. The van der Waals surface area contributed by atoms with Crippen LogP contribution in [0.5, 0.6) is 5.75 Å². The second-order valence-electron chi connectivity index (χ2n) is 15.7. The predicted molar refractivity (Wildman–Crippen MR) is 196 cm³/mol. The zero-order valence-electron chi connectivity index (χ0n) is 31.0. The SMILES string of the molecule is CCC(CC)(c1ccc(CCC(O[Si](C)(C)C(C)(C)C)C(C)(C)C)c(C)c1)c1ccc(OCc2ccc(C(=O)OC)cc2)c(C)c1. The fourth-order valence-corrected chi connectivity index (χ4v) is 7.66. The molecule has 3 aromatic rings. The average Bonchev–Trinajstić information content (AvgIpc) is 2.99. The molecule has 0 saturated carbocycles. The molecule has 3 rings (SSSR count). The number of rotatable bonds is 13. The van der Waals surface area contributed by atoms with Crippen molar-refractivity contribution >= 4 is 14.3 Å². The van der Waals surface area contributed by atoms with Gasteiger partial charge < -0.3 is 13.9 Å². The minimum Gasteiger partial charge on any atom is -0.489 e. The number of esters is 1. The molecule has 0 radical (unpaired) electrons. The highest BCUT2D eigenvalue weighted by Gasteiger charge is 2.41. The van der Waals surface area contributed by atoms with Gasteiger partial charge in [-0.1, -0.05) is 97.9 Å². The van der Waals surface area contributed by atoms with Crippen LogP contribution in [0.2, 0.25) is 18.1 Å². The lowest BCUT2D eigenvalue weighted by Gasteiger charge is -2.43. The van der Waals surface area contributed by atoms with E-state index in [1.54, 1.807) is 12.1 Å². The van der Waals surface area contributed by atoms with E-state index in [2.05, 4.69) is 119 Å². The molecule has 0 bridgehead atoms. The fourth-order valence-electron chi connectivity index (χ4n) is 6.12. The van der Waals surface area contributed by atoms with E-state index in [0.717, 1.165) is 42.6 Å². The van der Waals surface area contributed by atoms with Gasteiger partial charge >= 0.3 is 5.97 Å². The Balaban J connectivity index is 1.80. The minimum atomic E-state index is -1.87. The van der Waals surface area contributed by atoms with E-state index in [1.807, 2.05) is 12.1 Å². The van der Waals surface area contributed by atoms with Crippen LogP contribution >= 0.6 is 0 Å². The summed E-state index contributed by atoms with van der Waals surface area (Å²) >= 11 is 0. The van der Waals surface area contributed by atoms with Gasteiger partial charge in [0.05, 0.1) is 18.8 Å². The third kappa shape index (κ3) is 8.71. The molecule has 0 amide bonds. The lowest BCUT2D eigenvalue weighted by atomic mass is 9.69. The maximum Gasteiger partial charge on any atom is 0.337 e. The van der Waals surface area contributed by atoms with E-state index in [-0.39, 0.29) is 27.9 Å². The summed E-state index contributed by atoms with van der Waals surface area (Å²) in [7, 11) is -0.481. The summed E-state index contributed by atoms with van der Waals surface area (Å²) in [5, 5.41) is 0.194. The van der Waals surface area contributed by atoms with E-state index in [9.17, 15) is 4.79 Å². The van der Waals surface area contributed by atoms with Crippen molar-refractivity contribution in [1.82, 2.24) is 0 Å². The summed E-state index contributed by atoms with van der Waals surface area (Å²) in [6.07, 6.45) is 4.30. The molecule has 0 spiro atoms. The van der Waals surface area contributed by atoms with Crippen LogP contribution < -0.4 is 4.74 Å². The Bertz CT molecular complexity index is 1450. The van der Waals surface area contributed by atoms with Crippen LogP contribution in [-0.2, 0) is 27.6 Å². The lowest BCUT2D eigenvalue weighted by molar-refractivity contribution is 0.0600. The summed E-state index contributed by atoms with van der Waals surface area (Å²) in [5.74, 6) is 0.543. The number of hydrogen-bond donors (Lipinski definition) is 0. The first kappa shape index (κ1) is 37.6. The maximum absolute atomic E-state index is 11.7. The average molecular weight is 645 g/mol. The normalized spacial score (nSPS) is 13.4. The largest absolute Gasteiger partial charge is 0.489 e. The van der Waals surface area contributed by atoms with E-state index in [4.69, 9.17) is 13.9 Å². The molecule has 0 aliphatic carbocycles. The van der Waals surface area contributed by atoms with Crippen LogP contribution in [0.1, 0.15) is 118 Å². The highest BCUT2D eigenvalue weighted by atomic mass is 28.4. The van der Waals surface area contributed by atoms with Crippen LogP contribution in [0.25, 0.3) is 0 Å². The van der Waals surface area contributed by atoms with Gasteiger partial charge in [-0.25, -0.2) is 4.79 Å². The van der Waals surface area contributed by atoms with Crippen molar-refractivity contribution in [3.8, 4) is 5.75 Å². The molecule has 0 saturated heterocycles. The molecule has 4 nitrogen and oxygen atoms in total. The lowest BCUT2D eigenvalue weighted by Crippen LogP contribution is -2.47. The number of aryl methyl sites for hydroxylation is 3. The minimum absolute atomic E-state index is 0.0737. The van der Waals surface area contributed by atoms with Crippen molar-refractivity contribution in [2.75, 3.05) is 7.11 Å². The highest BCUT2D eigenvalue weighted by molar-refractivity contribution is 6.74. The third-order valence-corrected chi connectivity index (χ3v) is 15.0. The van der Waals surface area contributed by atoms with Crippen LogP contribution in [-0.4, -0.2) is 27.5 Å². The Morgan fingerprint density at radius 3 is 1.85 bits per heavy atom. The molecule has 252 valence electrons. The molecule has 0 aromatic heterocycles. The predicted octanol–water partition coefficient (Wildman–Crippen LogP) is 11.1. The van der Waals surface area contributed by atoms with Gasteiger partial charge in [0, 0.05) is 5.41 Å². The smallest absolute Gasteiger partial charge is 0.337 e. The van der Waals surface area contributed by atoms with Crippen LogP contribution in [0, 0.1) is 19.3 Å². The van der Waals surface area contributed by atoms with Crippen molar-refractivity contribution in [2.45, 2.75) is 131 Å². The summed E-state index contributed by atoms with van der Waals surface area (Å²) in [5.41, 5.74) is 8.16. The van der Waals surface area contributed by atoms with Gasteiger partial charge in [-0.3, -0.25) is 0 Å². The van der Waals surface area contributed by atoms with Gasteiger partial charge in [0.1, 0.15) is 12.4 Å². The van der Waals surface area contributed by atoms with Crippen LogP contribution in [0.3, 0.4) is 0 Å². The summed E-state index contributed by atoms with van der Waals surface area (Å²) < 4.78 is 18.0. The van der Waals surface area contributed by atoms with Crippen molar-refractivity contribution in [2.24, 2.45) is 5.41 Å². The molecule has 0 heterocycles. The molecule has 1 atom stereocenters. The number of methoxy groups -OCH3 is 1. The zero-order valence-corrected chi connectivity index (χ0v) is 32.0. The molecule has 0 fully saturated rings. The molecule has 1 unspecified atom stereocenters. The fraction of sp³-hybridized carbons (Fsp3) is 0.537. The number of benzene rings is 3. The number of carbonyl (C=O) groups is 1. The van der Waals surface area contributed by atoms with Crippen LogP contribution in [0.4, 0.5) is 0 Å². The topological polar surface area (TPSA) is 44.8 Å². The molecule has 5 heteroatoms. The molecular formula is C41H60O4Si. The third-order valence-electron chi connectivity index (χ3n) is 10.5. The quantitative estimate of drug-likeness (QED) is 0.137. The Morgan fingerprint density at radius 1 is 0.804 bits per heavy atom. The molecule has 0 aliphatic rings. The van der Waals surface area contributed by atoms with Crippen LogP contribution in [0.15, 0.2) is 60.7 Å². The number of hydrogen-bond acceptors (Lipinski definition) is 4. The van der Waals surface area contributed by atoms with E-state index in [1.165, 1.54) is 29.4 Å². The van der Waals surface area contributed by atoms with Gasteiger partial charge in [0.25, 0.3) is 0 Å². The standard InChI is InChI=1S/C41H60O4Si/c1-14-41(15-2,35-23-24-36(30(4)27-35)44-28-31-16-18-33(19-17-31)38(42)43-11)34-22-20-32(29(3)26-34)21-25-37(39(5,6)7)45-46(12,13)40(8,9)10/h16-20,22-24,26-27,37H,14-15,21,25,28H2,1-13H3. The second kappa shape index (κ2) is 14.9. The van der Waals surface area contributed by atoms with Gasteiger partial charge in [0.15, 0.2) is 8.32 Å². The Hall–Kier alpha value is -2.89. The van der Waals surface area contributed by atoms with E-state index < -0.39 is 8.32 Å². The highest BCUT2D eigenvalue weighted by Crippen LogP contribution is 2.42. The van der Waals surface area contributed by atoms with Gasteiger partial charge in [-0.15, -0.1) is 0 Å². The molecule has 0 N–H and O–H groups in total. The molecule has 46 heavy (non-hydrogen) atoms. The monoisotopic (exact) mass is 644 g/mol. The molecule has 3 aromatic carbocycles. The maximum atomic E-state index is 11.7. The van der Waals surface area contributed by atoms with Crippen molar-refractivity contribution in [3.63, 3.8) is 0 Å². The first-order valence-electron chi connectivity index (χ1n) is 17.1. The summed E-state index contributed by atoms with van der Waals surface area (Å²) in [6, 6.07) is 21.2. The first-order chi connectivity index (χ1) is 21.4. The Morgan fingerprint density at radius 2 is 1.37 bits per heavy atom. The van der Waals surface area contributed by atoms with Crippen molar-refractivity contribution in [3.05, 3.63) is 99.6 Å². The van der Waals surface area contributed by atoms with Gasteiger partial charge in [-0.2, -0.15) is 0 Å². The number of carbonyl (C=O) groups excluding carboxylic acids is 1. The second-order valence-corrected chi connectivity index (χ2v) is 20.4. The van der Waals surface area contributed by atoms with E-state index in [0.29, 0.717) is 12.2 Å². The van der Waals surface area contributed by atoms with Crippen molar-refractivity contribution < 1.29 is 18.7 Å². The Kier molecular flexibility index (Phi) is 12.2. The van der Waals surface area contributed by atoms with Gasteiger partial charge in [-0.05, 0) is 115 Å². The first-order valence-corrected chi connectivity index (χ1v) is 20.0. The van der Waals surface area contributed by atoms with Crippen molar-refractivity contribution in [1.29, 1.82) is 0 Å². The van der Waals surface area contributed by atoms with E-state index >= 15 is 0 Å². The zero-order chi connectivity index (χ0) is 34.5. The molecular weight excluding hydrogens is 585 g/mol. The van der Waals surface area contributed by atoms with Gasteiger partial charge in [0.2, 0.25) is 0 Å². The molecule has 0 aliphatic heterocycles. The summed E-state index contributed by atoms with van der Waals surface area (Å²) in [6.45, 7) is 28.1. The summed E-state index contributed by atoms with van der Waals surface area (Å²) in [4.78, 5) is 11.7.